The van der Waals surface area contributed by atoms with E-state index in [9.17, 15) is 0 Å². The van der Waals surface area contributed by atoms with Gasteiger partial charge in [0.05, 0.1) is 5.39 Å². The van der Waals surface area contributed by atoms with Crippen LogP contribution in [0.5, 0.6) is 0 Å². The molecule has 2 heterocycles. The zero-order valence-electron chi connectivity index (χ0n) is 9.60. The van der Waals surface area contributed by atoms with Crippen LogP contribution < -0.4 is 16.6 Å². The molecule has 0 spiro atoms. The van der Waals surface area contributed by atoms with E-state index in [1.54, 1.807) is 11.3 Å². The van der Waals surface area contributed by atoms with Crippen LogP contribution in [0.3, 0.4) is 0 Å². The zero-order valence-corrected chi connectivity index (χ0v) is 10.4. The van der Waals surface area contributed by atoms with E-state index in [1.807, 2.05) is 11.4 Å². The summed E-state index contributed by atoms with van der Waals surface area (Å²) in [4.78, 5) is 9.66. The Morgan fingerprint density at radius 2 is 2.29 bits per heavy atom. The van der Waals surface area contributed by atoms with Crippen LogP contribution in [0, 0.1) is 5.92 Å². The number of hydrogen-bond donors (Lipinski definition) is 3. The average Bonchev–Trinajstić information content (AvgIpc) is 3.07. The first kappa shape index (κ1) is 10.7. The quantitative estimate of drug-likeness (QED) is 0.572. The van der Waals surface area contributed by atoms with Crippen molar-refractivity contribution in [3.8, 4) is 0 Å². The third-order valence-electron chi connectivity index (χ3n) is 3.15. The van der Waals surface area contributed by atoms with Gasteiger partial charge in [0.25, 0.3) is 0 Å². The first-order valence-electron chi connectivity index (χ1n) is 5.76. The van der Waals surface area contributed by atoms with Crippen LogP contribution >= 0.6 is 11.3 Å². The van der Waals surface area contributed by atoms with E-state index in [1.165, 1.54) is 12.8 Å². The largest absolute Gasteiger partial charge is 0.367 e. The van der Waals surface area contributed by atoms with Gasteiger partial charge in [0.15, 0.2) is 0 Å². The number of aromatic nitrogens is 2. The minimum atomic E-state index is 0.457. The monoisotopic (exact) mass is 249 g/mol. The Morgan fingerprint density at radius 3 is 3.00 bits per heavy atom. The highest BCUT2D eigenvalue weighted by atomic mass is 32.1. The predicted molar refractivity (Wildman–Crippen MR) is 71.0 cm³/mol. The number of nitrogens with one attached hydrogen (secondary N) is 2. The molecule has 17 heavy (non-hydrogen) atoms. The highest BCUT2D eigenvalue weighted by Crippen LogP contribution is 2.35. The molecule has 0 aliphatic heterocycles. The number of rotatable bonds is 4. The van der Waals surface area contributed by atoms with Gasteiger partial charge in [-0.1, -0.05) is 0 Å². The van der Waals surface area contributed by atoms with Crippen molar-refractivity contribution in [1.29, 1.82) is 0 Å². The lowest BCUT2D eigenvalue weighted by molar-refractivity contribution is 0.691. The van der Waals surface area contributed by atoms with Crippen molar-refractivity contribution < 1.29 is 0 Å². The third kappa shape index (κ3) is 2.05. The summed E-state index contributed by atoms with van der Waals surface area (Å²) in [5.41, 5.74) is 2.51. The lowest BCUT2D eigenvalue weighted by atomic mass is 10.2. The number of nitrogens with zero attached hydrogens (tertiary/aromatic N) is 2. The molecule has 1 aliphatic carbocycles. The van der Waals surface area contributed by atoms with Crippen LogP contribution in [0.15, 0.2) is 11.4 Å². The summed E-state index contributed by atoms with van der Waals surface area (Å²) in [7, 11) is 0. The second-order valence-electron chi connectivity index (χ2n) is 4.45. The maximum atomic E-state index is 5.38. The van der Waals surface area contributed by atoms with Gasteiger partial charge in [0, 0.05) is 6.04 Å². The molecule has 1 unspecified atom stereocenters. The second kappa shape index (κ2) is 4.12. The second-order valence-corrected chi connectivity index (χ2v) is 5.34. The van der Waals surface area contributed by atoms with Crippen LogP contribution in [-0.4, -0.2) is 16.0 Å². The number of nitrogens with two attached hydrogens (primary N) is 1. The zero-order chi connectivity index (χ0) is 11.8. The Bertz CT molecular complexity index is 534. The van der Waals surface area contributed by atoms with E-state index in [-0.39, 0.29) is 0 Å². The lowest BCUT2D eigenvalue weighted by Gasteiger charge is -2.14. The van der Waals surface area contributed by atoms with Crippen molar-refractivity contribution >= 4 is 33.3 Å². The molecular weight excluding hydrogens is 234 g/mol. The van der Waals surface area contributed by atoms with E-state index in [2.05, 4.69) is 27.6 Å². The fourth-order valence-corrected chi connectivity index (χ4v) is 2.72. The number of hydrogen-bond acceptors (Lipinski definition) is 6. The molecule has 4 N–H and O–H groups in total. The van der Waals surface area contributed by atoms with Crippen molar-refractivity contribution in [2.24, 2.45) is 11.8 Å². The van der Waals surface area contributed by atoms with E-state index in [0.717, 1.165) is 22.0 Å². The van der Waals surface area contributed by atoms with Gasteiger partial charge >= 0.3 is 0 Å². The first-order chi connectivity index (χ1) is 8.28. The van der Waals surface area contributed by atoms with Gasteiger partial charge in [-0.25, -0.2) is 10.8 Å². The van der Waals surface area contributed by atoms with Gasteiger partial charge in [0.1, 0.15) is 10.6 Å². The van der Waals surface area contributed by atoms with Gasteiger partial charge < -0.3 is 5.32 Å². The average molecular weight is 249 g/mol. The molecular formula is C11H15N5S. The fraction of sp³-hybridized carbons (Fsp3) is 0.455. The van der Waals surface area contributed by atoms with Crippen molar-refractivity contribution in [3.63, 3.8) is 0 Å². The van der Waals surface area contributed by atoms with Crippen LogP contribution in [0.2, 0.25) is 0 Å². The molecule has 0 radical (unpaired) electrons. The minimum Gasteiger partial charge on any atom is -0.367 e. The molecule has 3 rings (SSSR count). The summed E-state index contributed by atoms with van der Waals surface area (Å²) in [6, 6.07) is 2.50. The Hall–Kier alpha value is -1.40. The van der Waals surface area contributed by atoms with Crippen LogP contribution in [-0.2, 0) is 0 Å². The third-order valence-corrected chi connectivity index (χ3v) is 3.95. The Morgan fingerprint density at radius 1 is 1.47 bits per heavy atom. The summed E-state index contributed by atoms with van der Waals surface area (Å²) in [6.45, 7) is 2.20. The minimum absolute atomic E-state index is 0.457. The van der Waals surface area contributed by atoms with Crippen molar-refractivity contribution in [1.82, 2.24) is 9.97 Å². The molecule has 0 bridgehead atoms. The fourth-order valence-electron chi connectivity index (χ4n) is 1.96. The number of anilines is 2. The lowest BCUT2D eigenvalue weighted by Crippen LogP contribution is -2.19. The summed E-state index contributed by atoms with van der Waals surface area (Å²) in [5, 5.41) is 6.56. The number of hydrazine groups is 1. The van der Waals surface area contributed by atoms with Crippen LogP contribution in [0.25, 0.3) is 10.2 Å². The molecule has 0 aromatic carbocycles. The Labute approximate surface area is 103 Å². The number of nitrogen functional groups attached to an aromatic ring is 1. The van der Waals surface area contributed by atoms with E-state index < -0.39 is 0 Å². The Balaban J connectivity index is 1.97. The van der Waals surface area contributed by atoms with Gasteiger partial charge in [-0.15, -0.1) is 11.3 Å². The number of fused-ring (bicyclic) bond motifs is 1. The highest BCUT2D eigenvalue weighted by molar-refractivity contribution is 7.16. The molecule has 2 aromatic rings. The topological polar surface area (TPSA) is 75.9 Å². The van der Waals surface area contributed by atoms with Gasteiger partial charge in [-0.2, -0.15) is 4.98 Å². The maximum Gasteiger partial charge on any atom is 0.240 e. The van der Waals surface area contributed by atoms with Crippen molar-refractivity contribution in [2.75, 3.05) is 10.7 Å². The maximum absolute atomic E-state index is 5.38. The van der Waals surface area contributed by atoms with E-state index in [0.29, 0.717) is 12.0 Å². The van der Waals surface area contributed by atoms with E-state index in [4.69, 9.17) is 5.84 Å². The van der Waals surface area contributed by atoms with Gasteiger partial charge in [-0.05, 0) is 37.1 Å². The Kier molecular flexibility index (Phi) is 2.60. The molecule has 90 valence electrons. The predicted octanol–water partition coefficient (Wildman–Crippen LogP) is 2.19. The molecule has 1 atom stereocenters. The summed E-state index contributed by atoms with van der Waals surface area (Å²) >= 11 is 1.60. The summed E-state index contributed by atoms with van der Waals surface area (Å²) in [5.74, 6) is 7.51. The van der Waals surface area contributed by atoms with Crippen molar-refractivity contribution in [2.45, 2.75) is 25.8 Å². The van der Waals surface area contributed by atoms with Crippen LogP contribution in [0.1, 0.15) is 19.8 Å². The van der Waals surface area contributed by atoms with Gasteiger partial charge in [0.2, 0.25) is 5.95 Å². The van der Waals surface area contributed by atoms with Gasteiger partial charge in [-0.3, -0.25) is 5.43 Å². The van der Waals surface area contributed by atoms with E-state index >= 15 is 0 Å². The molecule has 5 nitrogen and oxygen atoms in total. The molecule has 0 saturated heterocycles. The smallest absolute Gasteiger partial charge is 0.240 e. The molecule has 2 aromatic heterocycles. The SMILES string of the molecule is CC(Nc1nc(NN)nc2sccc12)C1CC1. The summed E-state index contributed by atoms with van der Waals surface area (Å²) in [6.07, 6.45) is 2.63. The summed E-state index contributed by atoms with van der Waals surface area (Å²) < 4.78 is 0. The molecule has 6 heteroatoms. The standard InChI is InChI=1S/C11H15N5S/c1-6(7-2-3-7)13-9-8-4-5-17-10(8)15-11(14-9)16-12/h4-7H,2-3,12H2,1H3,(H2,13,14,15,16). The molecule has 1 fully saturated rings. The van der Waals surface area contributed by atoms with Crippen molar-refractivity contribution in [3.05, 3.63) is 11.4 Å². The molecule has 0 amide bonds. The molecule has 1 aliphatic rings. The highest BCUT2D eigenvalue weighted by Gasteiger charge is 2.28. The van der Waals surface area contributed by atoms with Crippen LogP contribution in [0.4, 0.5) is 11.8 Å². The number of thiophene rings is 1. The first-order valence-corrected chi connectivity index (χ1v) is 6.64. The molecule has 1 saturated carbocycles. The normalized spacial score (nSPS) is 17.1.